The molecule has 1 aliphatic heterocycles. The van der Waals surface area contributed by atoms with Crippen molar-refractivity contribution in [3.05, 3.63) is 0 Å². The summed E-state index contributed by atoms with van der Waals surface area (Å²) in [5.41, 5.74) is 0. The van der Waals surface area contributed by atoms with Gasteiger partial charge in [0.15, 0.2) is 0 Å². The normalized spacial score (nSPS) is 40.9. The standard InChI is InChI=1S/C12H15NO4/c1-5(12(16)17)13-10(14)8-6-2-3-7(4-6)9(8)11(13)15/h5-9H,2-4H2,1H3,(H,16,17)/t5?,6-,7+,8?,9?. The van der Waals surface area contributed by atoms with E-state index in [1.54, 1.807) is 0 Å². The van der Waals surface area contributed by atoms with Gasteiger partial charge in [0, 0.05) is 0 Å². The molecular weight excluding hydrogens is 222 g/mol. The van der Waals surface area contributed by atoms with Gasteiger partial charge in [0.25, 0.3) is 0 Å². The van der Waals surface area contributed by atoms with Crippen molar-refractivity contribution in [1.82, 2.24) is 4.90 Å². The predicted molar refractivity (Wildman–Crippen MR) is 56.8 cm³/mol. The molecule has 0 spiro atoms. The second kappa shape index (κ2) is 3.31. The summed E-state index contributed by atoms with van der Waals surface area (Å²) in [6, 6.07) is -1.03. The van der Waals surface area contributed by atoms with Crippen LogP contribution in [0.2, 0.25) is 0 Å². The summed E-state index contributed by atoms with van der Waals surface area (Å²) in [5.74, 6) is -1.42. The van der Waals surface area contributed by atoms with Crippen LogP contribution in [-0.4, -0.2) is 33.8 Å². The molecular formula is C12H15NO4. The van der Waals surface area contributed by atoms with Crippen LogP contribution in [0.5, 0.6) is 0 Å². The van der Waals surface area contributed by atoms with Crippen LogP contribution in [-0.2, 0) is 14.4 Å². The number of hydrogen-bond acceptors (Lipinski definition) is 3. The van der Waals surface area contributed by atoms with Crippen LogP contribution in [0.4, 0.5) is 0 Å². The Kier molecular flexibility index (Phi) is 2.09. The molecule has 92 valence electrons. The monoisotopic (exact) mass is 237 g/mol. The van der Waals surface area contributed by atoms with E-state index in [1.165, 1.54) is 6.92 Å². The molecule has 3 fully saturated rings. The lowest BCUT2D eigenvalue weighted by molar-refractivity contribution is -0.154. The average molecular weight is 237 g/mol. The quantitative estimate of drug-likeness (QED) is 0.709. The summed E-state index contributed by atoms with van der Waals surface area (Å²) in [6.45, 7) is 1.40. The Labute approximate surface area is 98.8 Å². The zero-order valence-corrected chi connectivity index (χ0v) is 9.63. The lowest BCUT2D eigenvalue weighted by Crippen LogP contribution is -2.44. The van der Waals surface area contributed by atoms with Crippen molar-refractivity contribution >= 4 is 17.8 Å². The van der Waals surface area contributed by atoms with E-state index >= 15 is 0 Å². The highest BCUT2D eigenvalue weighted by Crippen LogP contribution is 2.56. The van der Waals surface area contributed by atoms with Crippen LogP contribution in [0.15, 0.2) is 0 Å². The molecule has 5 nitrogen and oxygen atoms in total. The number of imide groups is 1. The van der Waals surface area contributed by atoms with Crippen LogP contribution in [0, 0.1) is 23.7 Å². The summed E-state index contributed by atoms with van der Waals surface area (Å²) in [7, 11) is 0. The molecule has 2 bridgehead atoms. The molecule has 5 atom stereocenters. The Bertz CT molecular complexity index is 391. The van der Waals surface area contributed by atoms with Crippen molar-refractivity contribution in [3.8, 4) is 0 Å². The highest BCUT2D eigenvalue weighted by molar-refractivity contribution is 6.08. The van der Waals surface area contributed by atoms with Gasteiger partial charge in [-0.15, -0.1) is 0 Å². The molecule has 0 aromatic carbocycles. The van der Waals surface area contributed by atoms with Crippen LogP contribution in [0.3, 0.4) is 0 Å². The first-order valence-electron chi connectivity index (χ1n) is 6.12. The second-order valence-corrected chi connectivity index (χ2v) is 5.45. The van der Waals surface area contributed by atoms with Gasteiger partial charge >= 0.3 is 5.97 Å². The van der Waals surface area contributed by atoms with Gasteiger partial charge in [-0.2, -0.15) is 0 Å². The predicted octanol–water partition coefficient (Wildman–Crippen LogP) is 0.491. The Morgan fingerprint density at radius 3 is 2.12 bits per heavy atom. The molecule has 0 radical (unpaired) electrons. The van der Waals surface area contributed by atoms with Crippen LogP contribution in [0.25, 0.3) is 0 Å². The Morgan fingerprint density at radius 2 is 1.71 bits per heavy atom. The van der Waals surface area contributed by atoms with E-state index in [-0.39, 0.29) is 23.7 Å². The molecule has 2 saturated carbocycles. The summed E-state index contributed by atoms with van der Waals surface area (Å²) in [5, 5.41) is 8.94. The molecule has 5 heteroatoms. The average Bonchev–Trinajstić information content (AvgIpc) is 2.92. The molecule has 0 aromatic rings. The first-order valence-corrected chi connectivity index (χ1v) is 6.12. The number of amides is 2. The van der Waals surface area contributed by atoms with Crippen LogP contribution >= 0.6 is 0 Å². The zero-order valence-electron chi connectivity index (χ0n) is 9.63. The minimum atomic E-state index is -1.11. The van der Waals surface area contributed by atoms with Gasteiger partial charge in [0.05, 0.1) is 11.8 Å². The third-order valence-corrected chi connectivity index (χ3v) is 4.71. The van der Waals surface area contributed by atoms with Gasteiger partial charge in [0.2, 0.25) is 11.8 Å². The number of carboxylic acids is 1. The van der Waals surface area contributed by atoms with Crippen molar-refractivity contribution in [3.63, 3.8) is 0 Å². The maximum atomic E-state index is 12.2. The van der Waals surface area contributed by atoms with Crippen molar-refractivity contribution in [2.45, 2.75) is 32.2 Å². The number of likely N-dealkylation sites (tertiary alicyclic amines) is 1. The van der Waals surface area contributed by atoms with Gasteiger partial charge in [-0.3, -0.25) is 14.5 Å². The third-order valence-electron chi connectivity index (χ3n) is 4.71. The maximum absolute atomic E-state index is 12.2. The Morgan fingerprint density at radius 1 is 1.24 bits per heavy atom. The van der Waals surface area contributed by atoms with Gasteiger partial charge in [-0.05, 0) is 38.0 Å². The first-order chi connectivity index (χ1) is 8.02. The molecule has 3 aliphatic rings. The first kappa shape index (κ1) is 10.7. The Hall–Kier alpha value is -1.39. The largest absolute Gasteiger partial charge is 0.480 e. The highest BCUT2D eigenvalue weighted by atomic mass is 16.4. The topological polar surface area (TPSA) is 74.7 Å². The number of carboxylic acid groups (broad SMARTS) is 1. The minimum absolute atomic E-state index is 0.219. The summed E-state index contributed by atoms with van der Waals surface area (Å²) in [4.78, 5) is 36.3. The molecule has 1 N–H and O–H groups in total. The maximum Gasteiger partial charge on any atom is 0.326 e. The Balaban J connectivity index is 1.93. The molecule has 1 saturated heterocycles. The van der Waals surface area contributed by atoms with E-state index in [9.17, 15) is 14.4 Å². The van der Waals surface area contributed by atoms with E-state index in [0.29, 0.717) is 11.8 Å². The SMILES string of the molecule is CC(C(=O)O)N1C(=O)C2C(C1=O)[C@H]1CC[C@@H]2C1. The van der Waals surface area contributed by atoms with Crippen molar-refractivity contribution < 1.29 is 19.5 Å². The van der Waals surface area contributed by atoms with Crippen LogP contribution in [0.1, 0.15) is 26.2 Å². The number of aliphatic carboxylic acids is 1. The van der Waals surface area contributed by atoms with Crippen molar-refractivity contribution in [2.24, 2.45) is 23.7 Å². The van der Waals surface area contributed by atoms with Crippen LogP contribution < -0.4 is 0 Å². The lowest BCUT2D eigenvalue weighted by Gasteiger charge is -2.20. The third kappa shape index (κ3) is 1.22. The van der Waals surface area contributed by atoms with E-state index < -0.39 is 12.0 Å². The second-order valence-electron chi connectivity index (χ2n) is 5.45. The molecule has 3 unspecified atom stereocenters. The molecule has 2 amide bonds. The fourth-order valence-corrected chi connectivity index (χ4v) is 3.92. The van der Waals surface area contributed by atoms with Gasteiger partial charge in [0.1, 0.15) is 6.04 Å². The number of fused-ring (bicyclic) bond motifs is 5. The van der Waals surface area contributed by atoms with Gasteiger partial charge in [-0.25, -0.2) is 4.79 Å². The molecule has 2 aliphatic carbocycles. The fourth-order valence-electron chi connectivity index (χ4n) is 3.92. The number of carbonyl (C=O) groups excluding carboxylic acids is 2. The van der Waals surface area contributed by atoms with Crippen molar-refractivity contribution in [1.29, 1.82) is 0 Å². The van der Waals surface area contributed by atoms with Crippen molar-refractivity contribution in [2.75, 3.05) is 0 Å². The zero-order chi connectivity index (χ0) is 12.3. The van der Waals surface area contributed by atoms with E-state index in [1.807, 2.05) is 0 Å². The smallest absolute Gasteiger partial charge is 0.326 e. The molecule has 17 heavy (non-hydrogen) atoms. The molecule has 1 heterocycles. The van der Waals surface area contributed by atoms with Gasteiger partial charge < -0.3 is 5.11 Å². The number of nitrogens with zero attached hydrogens (tertiary/aromatic N) is 1. The molecule has 0 aromatic heterocycles. The minimum Gasteiger partial charge on any atom is -0.480 e. The molecule has 3 rings (SSSR count). The number of carbonyl (C=O) groups is 3. The fraction of sp³-hybridized carbons (Fsp3) is 0.750. The van der Waals surface area contributed by atoms with E-state index in [0.717, 1.165) is 24.2 Å². The lowest BCUT2D eigenvalue weighted by atomic mass is 9.81. The highest BCUT2D eigenvalue weighted by Gasteiger charge is 2.62. The summed E-state index contributed by atoms with van der Waals surface area (Å²) in [6.07, 6.45) is 3.00. The van der Waals surface area contributed by atoms with Gasteiger partial charge in [-0.1, -0.05) is 0 Å². The number of hydrogen-bond donors (Lipinski definition) is 1. The number of rotatable bonds is 2. The summed E-state index contributed by atoms with van der Waals surface area (Å²) >= 11 is 0. The summed E-state index contributed by atoms with van der Waals surface area (Å²) < 4.78 is 0. The van der Waals surface area contributed by atoms with E-state index in [2.05, 4.69) is 0 Å². The van der Waals surface area contributed by atoms with E-state index in [4.69, 9.17) is 5.11 Å².